The van der Waals surface area contributed by atoms with E-state index in [1.54, 1.807) is 13.3 Å². The molecule has 2 aromatic rings. The van der Waals surface area contributed by atoms with Gasteiger partial charge in [0, 0.05) is 24.3 Å². The fourth-order valence-corrected chi connectivity index (χ4v) is 2.76. The zero-order valence-electron chi connectivity index (χ0n) is 11.9. The van der Waals surface area contributed by atoms with Crippen molar-refractivity contribution >= 4 is 44.3 Å². The smallest absolute Gasteiger partial charge is 0.181 e. The number of anilines is 1. The summed E-state index contributed by atoms with van der Waals surface area (Å²) in [4.78, 5) is 13.5. The van der Waals surface area contributed by atoms with Gasteiger partial charge >= 0.3 is 0 Å². The summed E-state index contributed by atoms with van der Waals surface area (Å²) in [7, 11) is 1.66. The third kappa shape index (κ3) is 4.10. The van der Waals surface area contributed by atoms with Crippen LogP contribution in [0.4, 0.5) is 5.82 Å². The molecule has 2 aromatic heterocycles. The van der Waals surface area contributed by atoms with Gasteiger partial charge in [0.15, 0.2) is 5.82 Å². The average molecular weight is 463 g/mol. The monoisotopic (exact) mass is 462 g/mol. The maximum absolute atomic E-state index is 5.23. The molecule has 7 heteroatoms. The lowest BCUT2D eigenvalue weighted by Gasteiger charge is -2.12. The van der Waals surface area contributed by atoms with Crippen molar-refractivity contribution in [1.29, 1.82) is 0 Å². The first-order valence-corrected chi connectivity index (χ1v) is 8.44. The van der Waals surface area contributed by atoms with E-state index in [0.717, 1.165) is 38.2 Å². The molecule has 2 heterocycles. The maximum Gasteiger partial charge on any atom is 0.181 e. The van der Waals surface area contributed by atoms with Gasteiger partial charge < -0.3 is 10.1 Å². The van der Waals surface area contributed by atoms with Crippen molar-refractivity contribution in [2.24, 2.45) is 0 Å². The summed E-state index contributed by atoms with van der Waals surface area (Å²) in [6, 6.07) is 3.80. The van der Waals surface area contributed by atoms with Gasteiger partial charge in [0.25, 0.3) is 0 Å². The predicted octanol–water partition coefficient (Wildman–Crippen LogP) is 3.87. The Morgan fingerprint density at radius 3 is 2.86 bits per heavy atom. The summed E-state index contributed by atoms with van der Waals surface area (Å²) >= 11 is 5.75. The summed E-state index contributed by atoms with van der Waals surface area (Å²) in [5.41, 5.74) is 1.59. The van der Waals surface area contributed by atoms with Gasteiger partial charge in [-0.1, -0.05) is 6.92 Å². The minimum absolute atomic E-state index is 0.444. The number of halogens is 2. The van der Waals surface area contributed by atoms with Gasteiger partial charge in [-0.05, 0) is 57.1 Å². The molecule has 2 rings (SSSR count). The summed E-state index contributed by atoms with van der Waals surface area (Å²) in [5, 5.41) is 3.33. The Labute approximate surface area is 146 Å². The molecule has 0 fully saturated rings. The second-order valence-electron chi connectivity index (χ2n) is 4.35. The Kier molecular flexibility index (Phi) is 6.31. The van der Waals surface area contributed by atoms with Crippen molar-refractivity contribution in [1.82, 2.24) is 15.0 Å². The molecule has 0 saturated carbocycles. The van der Waals surface area contributed by atoms with Crippen molar-refractivity contribution < 1.29 is 4.74 Å². The van der Waals surface area contributed by atoms with Crippen molar-refractivity contribution in [3.05, 3.63) is 32.1 Å². The number of nitrogens with one attached hydrogen (secondary N) is 1. The molecule has 0 saturated heterocycles. The van der Waals surface area contributed by atoms with Gasteiger partial charge in [-0.15, -0.1) is 0 Å². The van der Waals surface area contributed by atoms with Gasteiger partial charge in [-0.25, -0.2) is 9.97 Å². The first-order chi connectivity index (χ1) is 10.2. The quantitative estimate of drug-likeness (QED) is 0.660. The van der Waals surface area contributed by atoms with E-state index in [-0.39, 0.29) is 0 Å². The van der Waals surface area contributed by atoms with Crippen LogP contribution in [0.2, 0.25) is 0 Å². The number of ether oxygens (including phenoxy) is 1. The van der Waals surface area contributed by atoms with E-state index in [1.807, 2.05) is 12.1 Å². The average Bonchev–Trinajstić information content (AvgIpc) is 2.49. The zero-order chi connectivity index (χ0) is 15.2. The van der Waals surface area contributed by atoms with E-state index < -0.39 is 0 Å². The molecule has 1 N–H and O–H groups in total. The lowest BCUT2D eigenvalue weighted by atomic mass is 10.3. The van der Waals surface area contributed by atoms with Gasteiger partial charge in [0.1, 0.15) is 11.5 Å². The van der Waals surface area contributed by atoms with E-state index in [0.29, 0.717) is 12.4 Å². The summed E-state index contributed by atoms with van der Waals surface area (Å²) < 4.78 is 7.09. The molecule has 0 bridgehead atoms. The fourth-order valence-electron chi connectivity index (χ4n) is 1.74. The lowest BCUT2D eigenvalue weighted by molar-refractivity contribution is 0.181. The minimum atomic E-state index is 0.444. The van der Waals surface area contributed by atoms with Crippen LogP contribution in [0.25, 0.3) is 11.5 Å². The van der Waals surface area contributed by atoms with Gasteiger partial charge in [0.2, 0.25) is 0 Å². The highest BCUT2D eigenvalue weighted by Crippen LogP contribution is 2.27. The SMILES string of the molecule is CCCNc1nc(-c2ncccc2Br)nc(COC)c1I. The zero-order valence-corrected chi connectivity index (χ0v) is 15.6. The van der Waals surface area contributed by atoms with Gasteiger partial charge in [-0.2, -0.15) is 0 Å². The van der Waals surface area contributed by atoms with E-state index in [1.165, 1.54) is 0 Å². The molecular formula is C14H16BrIN4O. The molecule has 0 aliphatic heterocycles. The number of aromatic nitrogens is 3. The van der Waals surface area contributed by atoms with Crippen LogP contribution >= 0.6 is 38.5 Å². The number of nitrogens with zero attached hydrogens (tertiary/aromatic N) is 3. The second kappa shape index (κ2) is 8.00. The lowest BCUT2D eigenvalue weighted by Crippen LogP contribution is -2.10. The van der Waals surface area contributed by atoms with Crippen LogP contribution in [-0.2, 0) is 11.3 Å². The normalized spacial score (nSPS) is 10.7. The molecule has 0 radical (unpaired) electrons. The number of rotatable bonds is 6. The van der Waals surface area contributed by atoms with Crippen LogP contribution in [0.1, 0.15) is 19.0 Å². The van der Waals surface area contributed by atoms with Crippen LogP contribution in [0, 0.1) is 3.57 Å². The first kappa shape index (κ1) is 16.6. The molecule has 0 spiro atoms. The highest BCUT2D eigenvalue weighted by Gasteiger charge is 2.15. The highest BCUT2D eigenvalue weighted by molar-refractivity contribution is 14.1. The van der Waals surface area contributed by atoms with Crippen LogP contribution in [0.15, 0.2) is 22.8 Å². The van der Waals surface area contributed by atoms with E-state index in [9.17, 15) is 0 Å². The van der Waals surface area contributed by atoms with E-state index in [4.69, 9.17) is 4.74 Å². The van der Waals surface area contributed by atoms with Crippen LogP contribution in [0.3, 0.4) is 0 Å². The summed E-state index contributed by atoms with van der Waals surface area (Å²) in [6.07, 6.45) is 2.76. The third-order valence-corrected chi connectivity index (χ3v) is 4.49. The molecule has 0 amide bonds. The Morgan fingerprint density at radius 1 is 1.38 bits per heavy atom. The number of hydrogen-bond acceptors (Lipinski definition) is 5. The Balaban J connectivity index is 2.50. The molecule has 0 aliphatic carbocycles. The minimum Gasteiger partial charge on any atom is -0.378 e. The van der Waals surface area contributed by atoms with E-state index in [2.05, 4.69) is 65.7 Å². The maximum atomic E-state index is 5.23. The molecule has 112 valence electrons. The Bertz CT molecular complexity index is 624. The third-order valence-electron chi connectivity index (χ3n) is 2.71. The Hall–Kier alpha value is -0.800. The van der Waals surface area contributed by atoms with Crippen LogP contribution < -0.4 is 5.32 Å². The number of hydrogen-bond donors (Lipinski definition) is 1. The summed E-state index contributed by atoms with van der Waals surface area (Å²) in [6.45, 7) is 3.43. The van der Waals surface area contributed by atoms with Crippen LogP contribution in [0.5, 0.6) is 0 Å². The van der Waals surface area contributed by atoms with Crippen LogP contribution in [-0.4, -0.2) is 28.6 Å². The summed E-state index contributed by atoms with van der Waals surface area (Å²) in [5.74, 6) is 1.42. The Morgan fingerprint density at radius 2 is 2.19 bits per heavy atom. The molecule has 0 aromatic carbocycles. The standard InChI is InChI=1S/C14H16BrIN4O/c1-3-6-18-13-11(16)10(8-21-2)19-14(20-13)12-9(15)5-4-7-17-12/h4-5,7H,3,6,8H2,1-2H3,(H,18,19,20). The molecule has 21 heavy (non-hydrogen) atoms. The first-order valence-electron chi connectivity index (χ1n) is 6.57. The second-order valence-corrected chi connectivity index (χ2v) is 6.28. The van der Waals surface area contributed by atoms with Crippen molar-refractivity contribution in [2.45, 2.75) is 20.0 Å². The number of pyridine rings is 1. The van der Waals surface area contributed by atoms with E-state index >= 15 is 0 Å². The van der Waals surface area contributed by atoms with Gasteiger partial charge in [-0.3, -0.25) is 4.98 Å². The number of methoxy groups -OCH3 is 1. The molecule has 0 unspecified atom stereocenters. The van der Waals surface area contributed by atoms with Gasteiger partial charge in [0.05, 0.1) is 15.9 Å². The molecule has 0 aliphatic rings. The molecule has 5 nitrogen and oxygen atoms in total. The van der Waals surface area contributed by atoms with Crippen molar-refractivity contribution in [3.8, 4) is 11.5 Å². The molecule has 0 atom stereocenters. The topological polar surface area (TPSA) is 59.9 Å². The highest BCUT2D eigenvalue weighted by atomic mass is 127. The van der Waals surface area contributed by atoms with Crippen molar-refractivity contribution in [3.63, 3.8) is 0 Å². The predicted molar refractivity (Wildman–Crippen MR) is 95.2 cm³/mol. The van der Waals surface area contributed by atoms with Crippen molar-refractivity contribution in [2.75, 3.05) is 19.0 Å². The largest absolute Gasteiger partial charge is 0.378 e. The molecular weight excluding hydrogens is 447 g/mol. The fraction of sp³-hybridized carbons (Fsp3) is 0.357.